The topological polar surface area (TPSA) is 82.1 Å². The largest absolute Gasteiger partial charge is 0.394 e. The zero-order chi connectivity index (χ0) is 29.8. The van der Waals surface area contributed by atoms with Crippen molar-refractivity contribution in [3.05, 3.63) is 48.6 Å². The fourth-order valence-electron chi connectivity index (χ4n) is 4.97. The maximum Gasteiger partial charge on any atom is 0.220 e. The Hall–Kier alpha value is -1.69. The lowest BCUT2D eigenvalue weighted by Gasteiger charge is -2.19. The Morgan fingerprint density at radius 3 is 2.00 bits per heavy atom. The second kappa shape index (κ2) is 27.2. The lowest BCUT2D eigenvalue weighted by atomic mass is 10.1. The lowest BCUT2D eigenvalue weighted by Crippen LogP contribution is -2.45. The standard InChI is InChI=1S/C36H63NO4/c1-3-5-7-8-9-10-11-14-17-20-24-27-33(39)32(31-38)37-36(40)30-26-22-19-16-13-12-15-18-21-25-29-35-34(41-35)28-23-6-4-2/h12,15-16,19,21,24-25,27,32-35,38-39H,3-11,13-14,17-18,20,22-23,26,28-31H2,1-2H3,(H,37,40)/b15-12-,19-16-,25-21-,27-24+/t32-,33+,34?,35?/m0/s1. The molecule has 5 nitrogen and oxygen atoms in total. The van der Waals surface area contributed by atoms with E-state index < -0.39 is 12.1 Å². The fourth-order valence-corrected chi connectivity index (χ4v) is 4.97. The summed E-state index contributed by atoms with van der Waals surface area (Å²) in [6.45, 7) is 4.21. The maximum absolute atomic E-state index is 12.3. The fraction of sp³-hybridized carbons (Fsp3) is 0.750. The maximum atomic E-state index is 12.3. The number of unbranched alkanes of at least 4 members (excludes halogenated alkanes) is 12. The van der Waals surface area contributed by atoms with Crippen LogP contribution in [-0.2, 0) is 9.53 Å². The number of allylic oxidation sites excluding steroid dienone is 6. The van der Waals surface area contributed by atoms with Crippen LogP contribution < -0.4 is 5.32 Å². The Morgan fingerprint density at radius 1 is 0.732 bits per heavy atom. The van der Waals surface area contributed by atoms with Crippen molar-refractivity contribution < 1.29 is 19.7 Å². The van der Waals surface area contributed by atoms with Crippen LogP contribution in [-0.4, -0.2) is 47.1 Å². The van der Waals surface area contributed by atoms with Gasteiger partial charge in [-0.1, -0.05) is 133 Å². The minimum atomic E-state index is -0.862. The predicted octanol–water partition coefficient (Wildman–Crippen LogP) is 8.66. The molecule has 0 bridgehead atoms. The van der Waals surface area contributed by atoms with Gasteiger partial charge in [0.15, 0.2) is 0 Å². The number of carbonyl (C=O) groups is 1. The third kappa shape index (κ3) is 22.6. The molecule has 1 heterocycles. The van der Waals surface area contributed by atoms with Gasteiger partial charge in [-0.05, 0) is 51.4 Å². The van der Waals surface area contributed by atoms with Crippen LogP contribution in [0.15, 0.2) is 48.6 Å². The van der Waals surface area contributed by atoms with E-state index in [-0.39, 0.29) is 12.5 Å². The smallest absolute Gasteiger partial charge is 0.220 e. The molecule has 0 spiro atoms. The van der Waals surface area contributed by atoms with E-state index in [4.69, 9.17) is 4.74 Å². The highest BCUT2D eigenvalue weighted by Gasteiger charge is 2.36. The van der Waals surface area contributed by atoms with Crippen molar-refractivity contribution >= 4 is 5.91 Å². The molecule has 0 radical (unpaired) electrons. The molecule has 1 fully saturated rings. The van der Waals surface area contributed by atoms with Crippen LogP contribution in [0, 0.1) is 0 Å². The normalized spacial score (nSPS) is 18.7. The Bertz CT molecular complexity index is 729. The molecular formula is C36H63NO4. The summed E-state index contributed by atoms with van der Waals surface area (Å²) in [7, 11) is 0. The number of aliphatic hydroxyl groups is 2. The molecule has 1 amide bonds. The van der Waals surface area contributed by atoms with Gasteiger partial charge in [-0.15, -0.1) is 0 Å². The summed E-state index contributed by atoms with van der Waals surface area (Å²) >= 11 is 0. The molecular weight excluding hydrogens is 510 g/mol. The summed E-state index contributed by atoms with van der Waals surface area (Å²) in [5, 5.41) is 22.7. The van der Waals surface area contributed by atoms with Crippen molar-refractivity contribution in [1.29, 1.82) is 0 Å². The van der Waals surface area contributed by atoms with E-state index in [0.717, 1.165) is 44.9 Å². The molecule has 5 heteroatoms. The SMILES string of the molecule is CCCCCCCCCCC/C=C/[C@@H](O)[C@H](CO)NC(=O)CCC/C=C\C/C=C\C/C=C\CC1OC1CCCCC. The average molecular weight is 574 g/mol. The number of ether oxygens (including phenoxy) is 1. The lowest BCUT2D eigenvalue weighted by molar-refractivity contribution is -0.122. The summed E-state index contributed by atoms with van der Waals surface area (Å²) in [6, 6.07) is -0.652. The highest BCUT2D eigenvalue weighted by Crippen LogP contribution is 2.30. The number of amides is 1. The molecule has 3 N–H and O–H groups in total. The number of rotatable bonds is 28. The Kier molecular flexibility index (Phi) is 24.7. The van der Waals surface area contributed by atoms with Crippen molar-refractivity contribution in [3.63, 3.8) is 0 Å². The molecule has 1 aliphatic rings. The van der Waals surface area contributed by atoms with Gasteiger partial charge in [-0.2, -0.15) is 0 Å². The minimum Gasteiger partial charge on any atom is -0.394 e. The van der Waals surface area contributed by atoms with Gasteiger partial charge in [-0.3, -0.25) is 4.79 Å². The van der Waals surface area contributed by atoms with Gasteiger partial charge in [0.2, 0.25) is 5.91 Å². The number of nitrogens with one attached hydrogen (secondary N) is 1. The Morgan fingerprint density at radius 2 is 1.32 bits per heavy atom. The summed E-state index contributed by atoms with van der Waals surface area (Å²) in [5.41, 5.74) is 0. The van der Waals surface area contributed by atoms with E-state index in [0.29, 0.717) is 18.6 Å². The van der Waals surface area contributed by atoms with Gasteiger partial charge in [0.05, 0.1) is 31.0 Å². The molecule has 1 aliphatic heterocycles. The molecule has 1 saturated heterocycles. The zero-order valence-corrected chi connectivity index (χ0v) is 26.5. The van der Waals surface area contributed by atoms with E-state index in [1.807, 2.05) is 6.08 Å². The van der Waals surface area contributed by atoms with Gasteiger partial charge in [0.25, 0.3) is 0 Å². The van der Waals surface area contributed by atoms with Gasteiger partial charge < -0.3 is 20.3 Å². The molecule has 0 saturated carbocycles. The summed E-state index contributed by atoms with van der Waals surface area (Å²) in [6.07, 6.45) is 39.4. The van der Waals surface area contributed by atoms with Crippen molar-refractivity contribution in [2.45, 2.75) is 167 Å². The molecule has 0 aromatic heterocycles. The van der Waals surface area contributed by atoms with Crippen LogP contribution >= 0.6 is 0 Å². The zero-order valence-electron chi connectivity index (χ0n) is 26.5. The van der Waals surface area contributed by atoms with E-state index in [1.165, 1.54) is 77.0 Å². The summed E-state index contributed by atoms with van der Waals surface area (Å²) in [5.74, 6) is -0.126. The molecule has 4 atom stereocenters. The molecule has 41 heavy (non-hydrogen) atoms. The number of hydrogen-bond acceptors (Lipinski definition) is 4. The van der Waals surface area contributed by atoms with Crippen molar-refractivity contribution in [2.24, 2.45) is 0 Å². The van der Waals surface area contributed by atoms with E-state index in [1.54, 1.807) is 6.08 Å². The first kappa shape index (κ1) is 37.3. The third-order valence-electron chi connectivity index (χ3n) is 7.73. The average Bonchev–Trinajstić information content (AvgIpc) is 3.73. The van der Waals surface area contributed by atoms with E-state index >= 15 is 0 Å². The molecule has 0 aliphatic carbocycles. The van der Waals surface area contributed by atoms with Gasteiger partial charge in [0.1, 0.15) is 0 Å². The minimum absolute atomic E-state index is 0.126. The van der Waals surface area contributed by atoms with Crippen molar-refractivity contribution in [1.82, 2.24) is 5.32 Å². The van der Waals surface area contributed by atoms with Crippen molar-refractivity contribution in [3.8, 4) is 0 Å². The van der Waals surface area contributed by atoms with Crippen LogP contribution in [0.3, 0.4) is 0 Å². The van der Waals surface area contributed by atoms with E-state index in [9.17, 15) is 15.0 Å². The third-order valence-corrected chi connectivity index (χ3v) is 7.73. The number of aliphatic hydroxyl groups excluding tert-OH is 2. The number of hydrogen-bond donors (Lipinski definition) is 3. The van der Waals surface area contributed by atoms with Crippen LogP contribution in [0.4, 0.5) is 0 Å². The van der Waals surface area contributed by atoms with Crippen LogP contribution in [0.1, 0.15) is 142 Å². The molecule has 1 rings (SSSR count). The monoisotopic (exact) mass is 573 g/mol. The summed E-state index contributed by atoms with van der Waals surface area (Å²) in [4.78, 5) is 12.3. The first-order valence-corrected chi connectivity index (χ1v) is 17.0. The number of epoxide rings is 1. The van der Waals surface area contributed by atoms with Gasteiger partial charge in [-0.25, -0.2) is 0 Å². The van der Waals surface area contributed by atoms with Gasteiger partial charge >= 0.3 is 0 Å². The molecule has 0 aromatic rings. The second-order valence-corrected chi connectivity index (χ2v) is 11.6. The highest BCUT2D eigenvalue weighted by molar-refractivity contribution is 5.76. The van der Waals surface area contributed by atoms with Gasteiger partial charge in [0, 0.05) is 6.42 Å². The molecule has 2 unspecified atom stereocenters. The van der Waals surface area contributed by atoms with E-state index in [2.05, 4.69) is 55.6 Å². The summed E-state index contributed by atoms with van der Waals surface area (Å²) < 4.78 is 5.72. The molecule has 236 valence electrons. The Balaban J connectivity index is 2.01. The van der Waals surface area contributed by atoms with Crippen LogP contribution in [0.5, 0.6) is 0 Å². The first-order chi connectivity index (χ1) is 20.1. The van der Waals surface area contributed by atoms with Crippen LogP contribution in [0.25, 0.3) is 0 Å². The number of carbonyl (C=O) groups excluding carboxylic acids is 1. The quantitative estimate of drug-likeness (QED) is 0.0497. The predicted molar refractivity (Wildman–Crippen MR) is 174 cm³/mol. The Labute approximate surface area is 252 Å². The van der Waals surface area contributed by atoms with Crippen LogP contribution in [0.2, 0.25) is 0 Å². The highest BCUT2D eigenvalue weighted by atomic mass is 16.6. The van der Waals surface area contributed by atoms with Crippen molar-refractivity contribution in [2.75, 3.05) is 6.61 Å². The molecule has 0 aromatic carbocycles. The second-order valence-electron chi connectivity index (χ2n) is 11.6. The first-order valence-electron chi connectivity index (χ1n) is 17.0.